The first-order valence-corrected chi connectivity index (χ1v) is 6.76. The maximum Gasteiger partial charge on any atom is 0.257 e. The van der Waals surface area contributed by atoms with Gasteiger partial charge in [-0.2, -0.15) is 0 Å². The van der Waals surface area contributed by atoms with Crippen LogP contribution in [0.4, 0.5) is 5.69 Å². The number of nitrogens with two attached hydrogens (primary N) is 1. The summed E-state index contributed by atoms with van der Waals surface area (Å²) in [5.41, 5.74) is 8.86. The standard InChI is InChI=1S/C14H12N2O2S/c15-10-4-5-12-13(7-10)18-14(16-12)19-8-9-2-1-3-11(17)6-9/h1-7,17H,8,15H2. The minimum Gasteiger partial charge on any atom is -0.508 e. The SMILES string of the molecule is Nc1ccc2nc(SCc3cccc(O)c3)oc2c1. The van der Waals surface area contributed by atoms with Gasteiger partial charge in [0.2, 0.25) is 0 Å². The van der Waals surface area contributed by atoms with E-state index in [0.29, 0.717) is 22.2 Å². The third-order valence-corrected chi connectivity index (χ3v) is 3.56. The number of anilines is 1. The van der Waals surface area contributed by atoms with E-state index in [2.05, 4.69) is 4.98 Å². The highest BCUT2D eigenvalue weighted by atomic mass is 32.2. The second kappa shape index (κ2) is 4.85. The minimum absolute atomic E-state index is 0.267. The van der Waals surface area contributed by atoms with Gasteiger partial charge < -0.3 is 15.3 Å². The van der Waals surface area contributed by atoms with Gasteiger partial charge in [0.15, 0.2) is 5.58 Å². The summed E-state index contributed by atoms with van der Waals surface area (Å²) in [7, 11) is 0. The van der Waals surface area contributed by atoms with Crippen LogP contribution in [0.3, 0.4) is 0 Å². The molecule has 0 radical (unpaired) electrons. The van der Waals surface area contributed by atoms with Crippen LogP contribution in [0.25, 0.3) is 11.1 Å². The zero-order valence-electron chi connectivity index (χ0n) is 10.0. The minimum atomic E-state index is 0.267. The number of oxazole rings is 1. The molecule has 2 aromatic carbocycles. The smallest absolute Gasteiger partial charge is 0.257 e. The first kappa shape index (κ1) is 11.9. The fourth-order valence-corrected chi connectivity index (χ4v) is 2.55. The van der Waals surface area contributed by atoms with Crippen molar-refractivity contribution in [3.63, 3.8) is 0 Å². The Bertz CT molecular complexity index is 724. The molecular weight excluding hydrogens is 260 g/mol. The molecule has 0 saturated heterocycles. The number of benzene rings is 2. The predicted octanol–water partition coefficient (Wildman–Crippen LogP) is 3.41. The van der Waals surface area contributed by atoms with Crippen LogP contribution in [0.15, 0.2) is 52.1 Å². The van der Waals surface area contributed by atoms with Crippen molar-refractivity contribution in [2.45, 2.75) is 11.0 Å². The zero-order valence-corrected chi connectivity index (χ0v) is 10.9. The maximum absolute atomic E-state index is 9.39. The third kappa shape index (κ3) is 2.66. The molecule has 0 spiro atoms. The van der Waals surface area contributed by atoms with E-state index in [1.54, 1.807) is 24.3 Å². The van der Waals surface area contributed by atoms with E-state index in [1.165, 1.54) is 11.8 Å². The quantitative estimate of drug-likeness (QED) is 0.564. The van der Waals surface area contributed by atoms with Crippen LogP contribution in [0, 0.1) is 0 Å². The lowest BCUT2D eigenvalue weighted by molar-refractivity contribution is 0.474. The Labute approximate surface area is 114 Å². The Balaban J connectivity index is 1.78. The van der Waals surface area contributed by atoms with Crippen LogP contribution >= 0.6 is 11.8 Å². The maximum atomic E-state index is 9.39. The van der Waals surface area contributed by atoms with Gasteiger partial charge in [0.25, 0.3) is 5.22 Å². The Kier molecular flexibility index (Phi) is 3.05. The molecule has 3 aromatic rings. The molecule has 0 saturated carbocycles. The average molecular weight is 272 g/mol. The molecule has 0 unspecified atom stereocenters. The lowest BCUT2D eigenvalue weighted by Gasteiger charge is -1.98. The first-order chi connectivity index (χ1) is 9.20. The summed E-state index contributed by atoms with van der Waals surface area (Å²) in [6.07, 6.45) is 0. The monoisotopic (exact) mass is 272 g/mol. The largest absolute Gasteiger partial charge is 0.508 e. The van der Waals surface area contributed by atoms with Crippen molar-refractivity contribution in [3.05, 3.63) is 48.0 Å². The Morgan fingerprint density at radius 3 is 2.95 bits per heavy atom. The number of fused-ring (bicyclic) bond motifs is 1. The molecule has 19 heavy (non-hydrogen) atoms. The molecule has 96 valence electrons. The van der Waals surface area contributed by atoms with Gasteiger partial charge in [-0.15, -0.1) is 0 Å². The van der Waals surface area contributed by atoms with Crippen molar-refractivity contribution in [2.24, 2.45) is 0 Å². The van der Waals surface area contributed by atoms with Gasteiger partial charge in [-0.05, 0) is 29.8 Å². The molecule has 0 bridgehead atoms. The molecule has 0 fully saturated rings. The van der Waals surface area contributed by atoms with Crippen molar-refractivity contribution in [1.29, 1.82) is 0 Å². The molecule has 0 aliphatic carbocycles. The topological polar surface area (TPSA) is 72.3 Å². The highest BCUT2D eigenvalue weighted by Crippen LogP contribution is 2.27. The number of thioether (sulfide) groups is 1. The van der Waals surface area contributed by atoms with E-state index >= 15 is 0 Å². The van der Waals surface area contributed by atoms with Crippen LogP contribution in [0.2, 0.25) is 0 Å². The summed E-state index contributed by atoms with van der Waals surface area (Å²) in [6.45, 7) is 0. The molecule has 1 heterocycles. The van der Waals surface area contributed by atoms with Crippen molar-refractivity contribution in [1.82, 2.24) is 4.98 Å². The summed E-state index contributed by atoms with van der Waals surface area (Å²) < 4.78 is 5.61. The molecule has 3 N–H and O–H groups in total. The lowest BCUT2D eigenvalue weighted by atomic mass is 10.2. The molecule has 4 nitrogen and oxygen atoms in total. The van der Waals surface area contributed by atoms with E-state index in [-0.39, 0.29) is 5.75 Å². The van der Waals surface area contributed by atoms with E-state index in [1.807, 2.05) is 18.2 Å². The van der Waals surface area contributed by atoms with Crippen LogP contribution in [0.5, 0.6) is 5.75 Å². The number of aromatic hydroxyl groups is 1. The number of hydrogen-bond donors (Lipinski definition) is 2. The summed E-state index contributed by atoms with van der Waals surface area (Å²) in [6, 6.07) is 12.6. The molecule has 1 aromatic heterocycles. The van der Waals surface area contributed by atoms with Gasteiger partial charge in [0.1, 0.15) is 11.3 Å². The van der Waals surface area contributed by atoms with Crippen molar-refractivity contribution in [2.75, 3.05) is 5.73 Å². The van der Waals surface area contributed by atoms with Crippen LogP contribution in [0.1, 0.15) is 5.56 Å². The summed E-state index contributed by atoms with van der Waals surface area (Å²) in [5, 5.41) is 9.99. The number of nitrogens with zero attached hydrogens (tertiary/aromatic N) is 1. The number of aromatic nitrogens is 1. The van der Waals surface area contributed by atoms with Gasteiger partial charge in [-0.25, -0.2) is 4.98 Å². The van der Waals surface area contributed by atoms with Crippen molar-refractivity contribution < 1.29 is 9.52 Å². The second-order valence-corrected chi connectivity index (χ2v) is 5.09. The van der Waals surface area contributed by atoms with Crippen LogP contribution in [-0.2, 0) is 5.75 Å². The Morgan fingerprint density at radius 2 is 2.11 bits per heavy atom. The average Bonchev–Trinajstić information content (AvgIpc) is 2.78. The number of hydrogen-bond acceptors (Lipinski definition) is 5. The Morgan fingerprint density at radius 1 is 1.21 bits per heavy atom. The normalized spacial score (nSPS) is 10.9. The summed E-state index contributed by atoms with van der Waals surface area (Å²) in [4.78, 5) is 4.37. The number of phenols is 1. The number of rotatable bonds is 3. The fraction of sp³-hybridized carbons (Fsp3) is 0.0714. The fourth-order valence-electron chi connectivity index (χ4n) is 1.77. The highest BCUT2D eigenvalue weighted by Gasteiger charge is 2.07. The molecule has 0 amide bonds. The van der Waals surface area contributed by atoms with Crippen molar-refractivity contribution in [3.8, 4) is 5.75 Å². The van der Waals surface area contributed by atoms with E-state index in [4.69, 9.17) is 10.2 Å². The van der Waals surface area contributed by atoms with E-state index in [9.17, 15) is 5.11 Å². The van der Waals surface area contributed by atoms with Gasteiger partial charge in [-0.1, -0.05) is 23.9 Å². The van der Waals surface area contributed by atoms with Gasteiger partial charge in [0, 0.05) is 17.5 Å². The summed E-state index contributed by atoms with van der Waals surface area (Å²) >= 11 is 1.48. The number of phenolic OH excluding ortho intramolecular Hbond substituents is 1. The zero-order chi connectivity index (χ0) is 13.2. The number of nitrogen functional groups attached to an aromatic ring is 1. The molecule has 0 atom stereocenters. The molecule has 0 aliphatic heterocycles. The van der Waals surface area contributed by atoms with E-state index in [0.717, 1.165) is 11.1 Å². The molecule has 3 rings (SSSR count). The van der Waals surface area contributed by atoms with Crippen molar-refractivity contribution >= 4 is 28.5 Å². The molecular formula is C14H12N2O2S. The van der Waals surface area contributed by atoms with Gasteiger partial charge in [-0.3, -0.25) is 0 Å². The Hall–Kier alpha value is -2.14. The second-order valence-electron chi connectivity index (χ2n) is 4.17. The van der Waals surface area contributed by atoms with Crippen LogP contribution < -0.4 is 5.73 Å². The van der Waals surface area contributed by atoms with Gasteiger partial charge >= 0.3 is 0 Å². The third-order valence-electron chi connectivity index (χ3n) is 2.67. The predicted molar refractivity (Wildman–Crippen MR) is 76.1 cm³/mol. The molecule has 5 heteroatoms. The lowest BCUT2D eigenvalue weighted by Crippen LogP contribution is -1.81. The van der Waals surface area contributed by atoms with Gasteiger partial charge in [0.05, 0.1) is 0 Å². The highest BCUT2D eigenvalue weighted by molar-refractivity contribution is 7.98. The summed E-state index contributed by atoms with van der Waals surface area (Å²) in [5.74, 6) is 0.958. The van der Waals surface area contributed by atoms with Crippen LogP contribution in [-0.4, -0.2) is 10.1 Å². The first-order valence-electron chi connectivity index (χ1n) is 5.77. The van der Waals surface area contributed by atoms with E-state index < -0.39 is 0 Å². The molecule has 0 aliphatic rings.